The molecule has 2 rings (SSSR count). The van der Waals surface area contributed by atoms with Gasteiger partial charge < -0.3 is 10.2 Å². The molecule has 2 N–H and O–H groups in total. The van der Waals surface area contributed by atoms with Crippen molar-refractivity contribution >= 4 is 34.5 Å². The third-order valence-corrected chi connectivity index (χ3v) is 2.51. The summed E-state index contributed by atoms with van der Waals surface area (Å²) in [5.74, 6) is 0. The predicted octanol–water partition coefficient (Wildman–Crippen LogP) is 5.11. The van der Waals surface area contributed by atoms with Gasteiger partial charge in [0.05, 0.1) is 0 Å². The highest BCUT2D eigenvalue weighted by atomic mass is 32.1. The molecule has 0 aromatic heterocycles. The summed E-state index contributed by atoms with van der Waals surface area (Å²) in [5.41, 5.74) is 1.40. The largest absolute Gasteiger partial charge is 0.499 e. The quantitative estimate of drug-likeness (QED) is 0.756. The SMILES string of the molecule is C.C.OC(=S)c1ccccc1.OC(=S)c1ccccc1. The van der Waals surface area contributed by atoms with Crippen LogP contribution in [-0.4, -0.2) is 20.3 Å². The molecular weight excluding hydrogens is 288 g/mol. The number of thiocarbonyl (C=S) groups is 2. The number of hydrogen-bond donors (Lipinski definition) is 2. The zero-order chi connectivity index (χ0) is 13.4. The summed E-state index contributed by atoms with van der Waals surface area (Å²) in [4.78, 5) is 0. The molecule has 2 nitrogen and oxygen atoms in total. The van der Waals surface area contributed by atoms with Gasteiger partial charge in [-0.05, 0) is 24.4 Å². The Hall–Kier alpha value is -1.78. The van der Waals surface area contributed by atoms with Gasteiger partial charge >= 0.3 is 0 Å². The lowest BCUT2D eigenvalue weighted by Crippen LogP contribution is -1.91. The van der Waals surface area contributed by atoms with E-state index < -0.39 is 0 Å². The first kappa shape index (κ1) is 20.5. The minimum atomic E-state index is -0.0457. The third kappa shape index (κ3) is 7.61. The van der Waals surface area contributed by atoms with E-state index in [0.29, 0.717) is 11.1 Å². The van der Waals surface area contributed by atoms with E-state index >= 15 is 0 Å². The maximum absolute atomic E-state index is 8.76. The highest BCUT2D eigenvalue weighted by Gasteiger charge is 1.92. The Bertz CT molecular complexity index is 461. The fourth-order valence-corrected chi connectivity index (χ4v) is 1.43. The number of rotatable bonds is 2. The summed E-state index contributed by atoms with van der Waals surface area (Å²) in [6.07, 6.45) is 0. The van der Waals surface area contributed by atoms with Crippen LogP contribution in [0.2, 0.25) is 0 Å². The van der Waals surface area contributed by atoms with Gasteiger partial charge in [0, 0.05) is 11.1 Å². The van der Waals surface area contributed by atoms with Gasteiger partial charge in [0.2, 0.25) is 0 Å². The summed E-state index contributed by atoms with van der Waals surface area (Å²) in [5, 5.41) is 17.4. The van der Waals surface area contributed by atoms with Crippen molar-refractivity contribution in [2.24, 2.45) is 0 Å². The molecule has 2 aromatic rings. The first-order chi connectivity index (χ1) is 8.61. The zero-order valence-electron chi connectivity index (χ0n) is 9.48. The molecule has 0 fully saturated rings. The minimum absolute atomic E-state index is 0. The van der Waals surface area contributed by atoms with Crippen LogP contribution in [0.25, 0.3) is 0 Å². The molecule has 0 saturated heterocycles. The van der Waals surface area contributed by atoms with Gasteiger partial charge in [-0.2, -0.15) is 0 Å². The monoisotopic (exact) mass is 308 g/mol. The molecule has 20 heavy (non-hydrogen) atoms. The van der Waals surface area contributed by atoms with Crippen LogP contribution in [0.1, 0.15) is 26.0 Å². The number of benzene rings is 2. The van der Waals surface area contributed by atoms with E-state index in [-0.39, 0.29) is 25.0 Å². The van der Waals surface area contributed by atoms with Crippen molar-refractivity contribution in [2.75, 3.05) is 0 Å². The number of aliphatic hydroxyl groups excluding tert-OH is 2. The van der Waals surface area contributed by atoms with E-state index in [1.807, 2.05) is 36.4 Å². The molecule has 0 spiro atoms. The molecule has 2 aromatic carbocycles. The Balaban J connectivity index is 0. The minimum Gasteiger partial charge on any atom is -0.499 e. The molecule has 0 unspecified atom stereocenters. The Kier molecular flexibility index (Phi) is 11.4. The van der Waals surface area contributed by atoms with E-state index in [1.165, 1.54) is 0 Å². The topological polar surface area (TPSA) is 40.5 Å². The molecule has 0 atom stereocenters. The fraction of sp³-hybridized carbons (Fsp3) is 0.125. The van der Waals surface area contributed by atoms with Crippen molar-refractivity contribution < 1.29 is 10.2 Å². The van der Waals surface area contributed by atoms with Gasteiger partial charge in [-0.1, -0.05) is 75.5 Å². The second-order valence-electron chi connectivity index (χ2n) is 3.34. The standard InChI is InChI=1S/2C7H6OS.2CH4/c2*8-7(9)6-4-2-1-3-5-6;;/h2*1-5H,(H,8,9);2*1H4. The molecule has 0 amide bonds. The van der Waals surface area contributed by atoms with Crippen molar-refractivity contribution in [3.63, 3.8) is 0 Å². The predicted molar refractivity (Wildman–Crippen MR) is 95.0 cm³/mol. The van der Waals surface area contributed by atoms with Crippen LogP contribution in [0.4, 0.5) is 0 Å². The van der Waals surface area contributed by atoms with E-state index in [4.69, 9.17) is 10.2 Å². The Labute approximate surface area is 131 Å². The van der Waals surface area contributed by atoms with Gasteiger partial charge in [-0.25, -0.2) is 0 Å². The lowest BCUT2D eigenvalue weighted by molar-refractivity contribution is 0.570. The molecule has 0 heterocycles. The van der Waals surface area contributed by atoms with Gasteiger partial charge in [0.25, 0.3) is 0 Å². The zero-order valence-corrected chi connectivity index (χ0v) is 11.1. The van der Waals surface area contributed by atoms with Crippen LogP contribution >= 0.6 is 24.4 Å². The Morgan fingerprint density at radius 3 is 1.00 bits per heavy atom. The Morgan fingerprint density at radius 2 is 0.850 bits per heavy atom. The first-order valence-electron chi connectivity index (χ1n) is 5.18. The fourth-order valence-electron chi connectivity index (χ4n) is 1.16. The van der Waals surface area contributed by atoms with E-state index in [2.05, 4.69) is 24.4 Å². The molecule has 0 aliphatic heterocycles. The third-order valence-electron chi connectivity index (χ3n) is 2.04. The van der Waals surface area contributed by atoms with Crippen LogP contribution < -0.4 is 0 Å². The maximum Gasteiger partial charge on any atom is 0.188 e. The molecule has 0 aliphatic rings. The van der Waals surface area contributed by atoms with Crippen molar-refractivity contribution in [1.82, 2.24) is 0 Å². The molecular formula is C16H20O2S2. The van der Waals surface area contributed by atoms with Crippen molar-refractivity contribution in [3.05, 3.63) is 71.8 Å². The normalized spacial score (nSPS) is 8.00. The maximum atomic E-state index is 8.76. The smallest absolute Gasteiger partial charge is 0.188 e. The lowest BCUT2D eigenvalue weighted by Gasteiger charge is -1.91. The van der Waals surface area contributed by atoms with Gasteiger partial charge in [0.1, 0.15) is 0 Å². The highest BCUT2D eigenvalue weighted by Crippen LogP contribution is 1.98. The molecule has 0 radical (unpaired) electrons. The second-order valence-corrected chi connectivity index (χ2v) is 4.12. The summed E-state index contributed by atoms with van der Waals surface area (Å²) < 4.78 is 0. The molecule has 4 heteroatoms. The average molecular weight is 308 g/mol. The second kappa shape index (κ2) is 11.1. The summed E-state index contributed by atoms with van der Waals surface area (Å²) in [6.45, 7) is 0. The van der Waals surface area contributed by atoms with E-state index in [9.17, 15) is 0 Å². The van der Waals surface area contributed by atoms with Crippen LogP contribution in [0.5, 0.6) is 0 Å². The summed E-state index contributed by atoms with van der Waals surface area (Å²) in [6, 6.07) is 18.1. The van der Waals surface area contributed by atoms with E-state index in [1.54, 1.807) is 24.3 Å². The van der Waals surface area contributed by atoms with Crippen molar-refractivity contribution in [3.8, 4) is 0 Å². The van der Waals surface area contributed by atoms with Gasteiger partial charge in [0.15, 0.2) is 10.1 Å². The molecule has 108 valence electrons. The van der Waals surface area contributed by atoms with Crippen LogP contribution in [0.3, 0.4) is 0 Å². The summed E-state index contributed by atoms with van der Waals surface area (Å²) in [7, 11) is 0. The van der Waals surface area contributed by atoms with Crippen LogP contribution in [0, 0.1) is 0 Å². The molecule has 0 bridgehead atoms. The van der Waals surface area contributed by atoms with E-state index in [0.717, 1.165) is 0 Å². The lowest BCUT2D eigenvalue weighted by atomic mass is 10.2. The first-order valence-corrected chi connectivity index (χ1v) is 5.99. The number of hydrogen-bond acceptors (Lipinski definition) is 2. The van der Waals surface area contributed by atoms with Crippen molar-refractivity contribution in [2.45, 2.75) is 14.9 Å². The van der Waals surface area contributed by atoms with Gasteiger partial charge in [-0.3, -0.25) is 0 Å². The van der Waals surface area contributed by atoms with Crippen molar-refractivity contribution in [1.29, 1.82) is 0 Å². The number of aliphatic hydroxyl groups is 2. The molecule has 0 saturated carbocycles. The molecule has 0 aliphatic carbocycles. The Morgan fingerprint density at radius 1 is 0.600 bits per heavy atom. The van der Waals surface area contributed by atoms with Gasteiger partial charge in [-0.15, -0.1) is 0 Å². The highest BCUT2D eigenvalue weighted by molar-refractivity contribution is 7.80. The van der Waals surface area contributed by atoms with Crippen LogP contribution in [0.15, 0.2) is 60.7 Å². The summed E-state index contributed by atoms with van der Waals surface area (Å²) >= 11 is 9.04. The van der Waals surface area contributed by atoms with Crippen LogP contribution in [-0.2, 0) is 0 Å². The average Bonchev–Trinajstić information content (AvgIpc) is 2.41.